The van der Waals surface area contributed by atoms with Crippen molar-refractivity contribution in [3.63, 3.8) is 0 Å². The summed E-state index contributed by atoms with van der Waals surface area (Å²) >= 11 is 0. The highest BCUT2D eigenvalue weighted by molar-refractivity contribution is 5.76. The van der Waals surface area contributed by atoms with E-state index in [2.05, 4.69) is 16.0 Å². The van der Waals surface area contributed by atoms with Crippen molar-refractivity contribution in [2.24, 2.45) is 0 Å². The highest BCUT2D eigenvalue weighted by atomic mass is 16.2. The van der Waals surface area contributed by atoms with E-state index in [0.717, 1.165) is 51.6 Å². The van der Waals surface area contributed by atoms with Crippen molar-refractivity contribution < 1.29 is 9.59 Å². The zero-order chi connectivity index (χ0) is 15.4. The van der Waals surface area contributed by atoms with Gasteiger partial charge in [-0.3, -0.25) is 0 Å². The lowest BCUT2D eigenvalue weighted by Crippen LogP contribution is -2.52. The number of likely N-dealkylation sites (tertiary alicyclic amines) is 1. The summed E-state index contributed by atoms with van der Waals surface area (Å²) in [7, 11) is 0. The second kappa shape index (κ2) is 7.20. The van der Waals surface area contributed by atoms with Gasteiger partial charge in [0, 0.05) is 31.2 Å². The van der Waals surface area contributed by atoms with E-state index in [4.69, 9.17) is 0 Å². The maximum atomic E-state index is 12.3. The van der Waals surface area contributed by atoms with E-state index in [-0.39, 0.29) is 18.1 Å². The molecule has 1 aliphatic heterocycles. The molecule has 6 heteroatoms. The van der Waals surface area contributed by atoms with Crippen LogP contribution >= 0.6 is 0 Å². The molecule has 0 spiro atoms. The van der Waals surface area contributed by atoms with Gasteiger partial charge in [0.15, 0.2) is 0 Å². The lowest BCUT2D eigenvalue weighted by Gasteiger charge is -2.34. The van der Waals surface area contributed by atoms with E-state index in [1.54, 1.807) is 0 Å². The Balaban J connectivity index is 1.35. The monoisotopic (exact) mass is 308 g/mol. The Morgan fingerprint density at radius 3 is 1.82 bits per heavy atom. The van der Waals surface area contributed by atoms with Crippen LogP contribution in [0.1, 0.15) is 57.8 Å². The number of rotatable bonds is 3. The average Bonchev–Trinajstić information content (AvgIpc) is 3.32. The molecule has 2 saturated carbocycles. The van der Waals surface area contributed by atoms with Gasteiger partial charge >= 0.3 is 12.1 Å². The fourth-order valence-corrected chi connectivity index (χ4v) is 3.38. The Kier molecular flexibility index (Phi) is 5.05. The Hall–Kier alpha value is -1.46. The van der Waals surface area contributed by atoms with Crippen LogP contribution in [0.4, 0.5) is 9.59 Å². The Morgan fingerprint density at radius 1 is 0.682 bits per heavy atom. The molecule has 3 N–H and O–H groups in total. The average molecular weight is 308 g/mol. The molecule has 6 nitrogen and oxygen atoms in total. The van der Waals surface area contributed by atoms with Gasteiger partial charge in [-0.05, 0) is 38.5 Å². The molecule has 2 aliphatic carbocycles. The predicted molar refractivity (Wildman–Crippen MR) is 84.7 cm³/mol. The molecule has 1 heterocycles. The van der Waals surface area contributed by atoms with E-state index in [1.165, 1.54) is 19.3 Å². The van der Waals surface area contributed by atoms with E-state index in [9.17, 15) is 9.59 Å². The van der Waals surface area contributed by atoms with E-state index >= 15 is 0 Å². The molecule has 0 atom stereocenters. The third-order valence-corrected chi connectivity index (χ3v) is 4.96. The molecule has 0 aromatic carbocycles. The molecule has 3 rings (SSSR count). The topological polar surface area (TPSA) is 73.5 Å². The van der Waals surface area contributed by atoms with Crippen LogP contribution in [0.15, 0.2) is 0 Å². The molecule has 0 aromatic rings. The maximum absolute atomic E-state index is 12.3. The molecule has 124 valence electrons. The van der Waals surface area contributed by atoms with Gasteiger partial charge < -0.3 is 20.9 Å². The molecule has 3 aliphatic rings. The fraction of sp³-hybridized carbons (Fsp3) is 0.875. The summed E-state index contributed by atoms with van der Waals surface area (Å²) in [6.07, 6.45) is 9.88. The van der Waals surface area contributed by atoms with Gasteiger partial charge in [0.1, 0.15) is 0 Å². The number of nitrogens with one attached hydrogen (secondary N) is 3. The molecule has 0 radical (unpaired) electrons. The summed E-state index contributed by atoms with van der Waals surface area (Å²) < 4.78 is 0. The largest absolute Gasteiger partial charge is 0.335 e. The van der Waals surface area contributed by atoms with Gasteiger partial charge in [-0.15, -0.1) is 0 Å². The maximum Gasteiger partial charge on any atom is 0.317 e. The van der Waals surface area contributed by atoms with E-state index in [1.807, 2.05) is 4.90 Å². The number of hydrogen-bond acceptors (Lipinski definition) is 2. The molecule has 0 aromatic heterocycles. The highest BCUT2D eigenvalue weighted by Gasteiger charge is 2.27. The summed E-state index contributed by atoms with van der Waals surface area (Å²) in [4.78, 5) is 25.9. The number of urea groups is 2. The zero-order valence-corrected chi connectivity index (χ0v) is 13.3. The number of hydrogen-bond donors (Lipinski definition) is 3. The van der Waals surface area contributed by atoms with Crippen molar-refractivity contribution in [3.05, 3.63) is 0 Å². The number of carbonyl (C=O) groups excluding carboxylic acids is 2. The quantitative estimate of drug-likeness (QED) is 0.745. The number of piperidine rings is 1. The summed E-state index contributed by atoms with van der Waals surface area (Å²) in [6.45, 7) is 1.46. The first-order valence-corrected chi connectivity index (χ1v) is 8.83. The van der Waals surface area contributed by atoms with Crippen molar-refractivity contribution in [1.82, 2.24) is 20.9 Å². The summed E-state index contributed by atoms with van der Waals surface area (Å²) in [5.41, 5.74) is 0. The van der Waals surface area contributed by atoms with Crippen molar-refractivity contribution in [2.45, 2.75) is 75.9 Å². The van der Waals surface area contributed by atoms with Crippen LogP contribution in [0.25, 0.3) is 0 Å². The SMILES string of the molecule is O=C(NC1CC1)NC1CCN(C(=O)NC2CCCCC2)CC1. The van der Waals surface area contributed by atoms with Crippen LogP contribution in [-0.4, -0.2) is 48.2 Å². The molecule has 3 fully saturated rings. The smallest absolute Gasteiger partial charge is 0.317 e. The summed E-state index contributed by atoms with van der Waals surface area (Å²) in [5.74, 6) is 0. The minimum atomic E-state index is -0.0485. The van der Waals surface area contributed by atoms with Crippen LogP contribution in [-0.2, 0) is 0 Å². The first-order chi connectivity index (χ1) is 10.7. The lowest BCUT2D eigenvalue weighted by molar-refractivity contribution is 0.170. The van der Waals surface area contributed by atoms with E-state index < -0.39 is 0 Å². The fourth-order valence-electron chi connectivity index (χ4n) is 3.38. The standard InChI is InChI=1S/C16H28N4O2/c21-15(17-13-6-7-13)18-14-8-10-20(11-9-14)16(22)19-12-4-2-1-3-5-12/h12-14H,1-11H2,(H,19,22)(H2,17,18,21). The minimum absolute atomic E-state index is 0.0485. The number of amides is 4. The summed E-state index contributed by atoms with van der Waals surface area (Å²) in [6, 6.07) is 0.973. The third kappa shape index (κ3) is 4.52. The van der Waals surface area contributed by atoms with Gasteiger partial charge in [0.25, 0.3) is 0 Å². The minimum Gasteiger partial charge on any atom is -0.335 e. The molecule has 1 saturated heterocycles. The van der Waals surface area contributed by atoms with Crippen LogP contribution < -0.4 is 16.0 Å². The molecule has 4 amide bonds. The number of nitrogens with zero attached hydrogens (tertiary/aromatic N) is 1. The number of carbonyl (C=O) groups is 2. The van der Waals surface area contributed by atoms with Crippen LogP contribution in [0.5, 0.6) is 0 Å². The molecule has 0 bridgehead atoms. The zero-order valence-electron chi connectivity index (χ0n) is 13.3. The molecule has 22 heavy (non-hydrogen) atoms. The second-order valence-corrected chi connectivity index (χ2v) is 6.94. The van der Waals surface area contributed by atoms with Crippen LogP contribution in [0.3, 0.4) is 0 Å². The normalized spacial score (nSPS) is 23.9. The Morgan fingerprint density at radius 2 is 1.23 bits per heavy atom. The molecular formula is C16H28N4O2. The van der Waals surface area contributed by atoms with Crippen molar-refractivity contribution in [3.8, 4) is 0 Å². The molecular weight excluding hydrogens is 280 g/mol. The highest BCUT2D eigenvalue weighted by Crippen LogP contribution is 2.19. The van der Waals surface area contributed by atoms with Gasteiger partial charge in [0.05, 0.1) is 0 Å². The van der Waals surface area contributed by atoms with Gasteiger partial charge in [0.2, 0.25) is 0 Å². The van der Waals surface area contributed by atoms with Crippen molar-refractivity contribution >= 4 is 12.1 Å². The first-order valence-electron chi connectivity index (χ1n) is 8.83. The predicted octanol–water partition coefficient (Wildman–Crippen LogP) is 1.95. The van der Waals surface area contributed by atoms with Crippen molar-refractivity contribution in [2.75, 3.05) is 13.1 Å². The van der Waals surface area contributed by atoms with Crippen LogP contribution in [0.2, 0.25) is 0 Å². The second-order valence-electron chi connectivity index (χ2n) is 6.94. The van der Waals surface area contributed by atoms with Crippen LogP contribution in [0, 0.1) is 0 Å². The molecule has 0 unspecified atom stereocenters. The Bertz CT molecular complexity index is 397. The van der Waals surface area contributed by atoms with Crippen molar-refractivity contribution in [1.29, 1.82) is 0 Å². The van der Waals surface area contributed by atoms with Gasteiger partial charge in [-0.1, -0.05) is 19.3 Å². The Labute approximate surface area is 132 Å². The van der Waals surface area contributed by atoms with Gasteiger partial charge in [-0.25, -0.2) is 9.59 Å². The van der Waals surface area contributed by atoms with Gasteiger partial charge in [-0.2, -0.15) is 0 Å². The lowest BCUT2D eigenvalue weighted by atomic mass is 9.95. The first kappa shape index (κ1) is 15.4. The van der Waals surface area contributed by atoms with E-state index in [0.29, 0.717) is 12.1 Å². The summed E-state index contributed by atoms with van der Waals surface area (Å²) in [5, 5.41) is 9.13. The third-order valence-electron chi connectivity index (χ3n) is 4.96.